The first-order chi connectivity index (χ1) is 8.75. The average molecular weight is 262 g/mol. The molecule has 2 rings (SSSR count). The number of benzene rings is 2. The zero-order chi connectivity index (χ0) is 12.8. The molecule has 92 valence electrons. The first kappa shape index (κ1) is 12.6. The number of hydrogen-bond donors (Lipinski definition) is 0. The summed E-state index contributed by atoms with van der Waals surface area (Å²) in [5.74, 6) is -0.547. The first-order valence-corrected chi connectivity index (χ1v) is 6.26. The highest BCUT2D eigenvalue weighted by Crippen LogP contribution is 2.25. The molecule has 0 radical (unpaired) electrons. The van der Waals surface area contributed by atoms with Crippen LogP contribution < -0.4 is 4.74 Å². The Balaban J connectivity index is 1.93. The number of carbonyl (C=O) groups excluding carboxylic acids is 1. The van der Waals surface area contributed by atoms with Crippen LogP contribution in [0.2, 0.25) is 0 Å². The number of carbonyl (C=O) groups is 1. The van der Waals surface area contributed by atoms with Crippen LogP contribution in [0, 0.1) is 0 Å². The molecule has 0 aliphatic rings. The van der Waals surface area contributed by atoms with Gasteiger partial charge in [-0.2, -0.15) is 0 Å². The Morgan fingerprint density at radius 1 is 1.00 bits per heavy atom. The fourth-order valence-corrected chi connectivity index (χ4v) is 2.02. The van der Waals surface area contributed by atoms with Crippen LogP contribution in [0.1, 0.15) is 0 Å². The summed E-state index contributed by atoms with van der Waals surface area (Å²) in [7, 11) is 0. The molecule has 0 saturated heterocycles. The average Bonchev–Trinajstić information content (AvgIpc) is 2.41. The summed E-state index contributed by atoms with van der Waals surface area (Å²) in [5.41, 5.74) is -1.73. The molecular weight excluding hydrogens is 251 g/mol. The van der Waals surface area contributed by atoms with Crippen LogP contribution in [-0.2, 0) is 4.79 Å². The number of esters is 1. The monoisotopic (exact) mass is 262 g/mol. The van der Waals surface area contributed by atoms with Crippen molar-refractivity contribution in [1.82, 2.24) is 0 Å². The van der Waals surface area contributed by atoms with Gasteiger partial charge in [0.2, 0.25) is 5.50 Å². The number of halogens is 1. The number of alkyl halides is 1. The Morgan fingerprint density at radius 3 is 2.17 bits per heavy atom. The molecular formula is C14H11FO2S. The lowest BCUT2D eigenvalue weighted by Gasteiger charge is -2.08. The number of ether oxygens (including phenoxy) is 1. The minimum atomic E-state index is -1.73. The van der Waals surface area contributed by atoms with E-state index in [0.717, 1.165) is 11.8 Å². The van der Waals surface area contributed by atoms with Gasteiger partial charge in [-0.15, -0.1) is 0 Å². The Kier molecular flexibility index (Phi) is 4.36. The van der Waals surface area contributed by atoms with Gasteiger partial charge in [0.05, 0.1) is 0 Å². The van der Waals surface area contributed by atoms with Crippen LogP contribution in [0.3, 0.4) is 0 Å². The first-order valence-electron chi connectivity index (χ1n) is 5.38. The zero-order valence-electron chi connectivity index (χ0n) is 9.45. The van der Waals surface area contributed by atoms with E-state index < -0.39 is 11.5 Å². The second-order valence-corrected chi connectivity index (χ2v) is 4.60. The van der Waals surface area contributed by atoms with Crippen LogP contribution in [0.4, 0.5) is 4.39 Å². The van der Waals surface area contributed by atoms with E-state index in [1.54, 1.807) is 54.6 Å². The maximum absolute atomic E-state index is 13.7. The SMILES string of the molecule is O=C(Oc1ccccc1)C(F)Sc1ccccc1. The maximum Gasteiger partial charge on any atom is 0.357 e. The molecule has 1 unspecified atom stereocenters. The molecule has 4 heteroatoms. The van der Waals surface area contributed by atoms with Gasteiger partial charge in [0.1, 0.15) is 5.75 Å². The number of hydrogen-bond acceptors (Lipinski definition) is 3. The van der Waals surface area contributed by atoms with E-state index >= 15 is 0 Å². The summed E-state index contributed by atoms with van der Waals surface area (Å²) in [6, 6.07) is 17.4. The molecule has 0 aliphatic carbocycles. The number of para-hydroxylation sites is 1. The normalized spacial score (nSPS) is 11.8. The summed E-state index contributed by atoms with van der Waals surface area (Å²) in [4.78, 5) is 12.2. The van der Waals surface area contributed by atoms with Gasteiger partial charge in [-0.25, -0.2) is 9.18 Å². The molecule has 0 spiro atoms. The van der Waals surface area contributed by atoms with E-state index in [0.29, 0.717) is 10.6 Å². The lowest BCUT2D eigenvalue weighted by Crippen LogP contribution is -2.18. The van der Waals surface area contributed by atoms with Crippen molar-refractivity contribution in [3.05, 3.63) is 60.7 Å². The van der Waals surface area contributed by atoms with Crippen LogP contribution in [0.15, 0.2) is 65.6 Å². The maximum atomic E-state index is 13.7. The van der Waals surface area contributed by atoms with Gasteiger partial charge in [-0.3, -0.25) is 0 Å². The van der Waals surface area contributed by atoms with Crippen LogP contribution >= 0.6 is 11.8 Å². The second-order valence-electron chi connectivity index (χ2n) is 3.48. The van der Waals surface area contributed by atoms with Gasteiger partial charge in [0.25, 0.3) is 0 Å². The van der Waals surface area contributed by atoms with Crippen molar-refractivity contribution in [2.24, 2.45) is 0 Å². The van der Waals surface area contributed by atoms with E-state index in [1.165, 1.54) is 0 Å². The Bertz CT molecular complexity index is 502. The highest BCUT2D eigenvalue weighted by atomic mass is 32.2. The van der Waals surface area contributed by atoms with Gasteiger partial charge >= 0.3 is 5.97 Å². The van der Waals surface area contributed by atoms with Crippen molar-refractivity contribution in [2.45, 2.75) is 10.4 Å². The molecule has 18 heavy (non-hydrogen) atoms. The summed E-state index contributed by atoms with van der Waals surface area (Å²) in [6.07, 6.45) is 0. The number of rotatable bonds is 4. The van der Waals surface area contributed by atoms with Crippen molar-refractivity contribution in [3.63, 3.8) is 0 Å². The molecule has 0 heterocycles. The lowest BCUT2D eigenvalue weighted by molar-refractivity contribution is -0.136. The van der Waals surface area contributed by atoms with Crippen LogP contribution in [0.5, 0.6) is 5.75 Å². The van der Waals surface area contributed by atoms with Gasteiger partial charge in [0.15, 0.2) is 0 Å². The Hall–Kier alpha value is -1.81. The third kappa shape index (κ3) is 3.60. The molecule has 2 aromatic carbocycles. The Morgan fingerprint density at radius 2 is 1.56 bits per heavy atom. The van der Waals surface area contributed by atoms with Gasteiger partial charge < -0.3 is 4.74 Å². The van der Waals surface area contributed by atoms with E-state index in [4.69, 9.17) is 4.74 Å². The lowest BCUT2D eigenvalue weighted by atomic mass is 10.3. The zero-order valence-corrected chi connectivity index (χ0v) is 10.3. The minimum absolute atomic E-state index is 0.346. The summed E-state index contributed by atoms with van der Waals surface area (Å²) in [5, 5.41) is 0. The third-order valence-electron chi connectivity index (χ3n) is 2.13. The van der Waals surface area contributed by atoms with Gasteiger partial charge in [-0.1, -0.05) is 48.2 Å². The molecule has 2 nitrogen and oxygen atoms in total. The van der Waals surface area contributed by atoms with Crippen LogP contribution in [0.25, 0.3) is 0 Å². The molecule has 0 fully saturated rings. The Labute approximate surface area is 109 Å². The van der Waals surface area contributed by atoms with Crippen molar-refractivity contribution in [3.8, 4) is 5.75 Å². The predicted molar refractivity (Wildman–Crippen MR) is 69.3 cm³/mol. The quantitative estimate of drug-likeness (QED) is 0.477. The standard InChI is InChI=1S/C14H11FO2S/c15-13(18-12-9-5-2-6-10-12)14(16)17-11-7-3-1-4-8-11/h1-10,13H. The van der Waals surface area contributed by atoms with E-state index in [9.17, 15) is 9.18 Å². The molecule has 0 aliphatic heterocycles. The van der Waals surface area contributed by atoms with Gasteiger partial charge in [-0.05, 0) is 24.3 Å². The van der Waals surface area contributed by atoms with Crippen molar-refractivity contribution in [1.29, 1.82) is 0 Å². The fraction of sp³-hybridized carbons (Fsp3) is 0.0714. The molecule has 0 saturated carbocycles. The van der Waals surface area contributed by atoms with E-state index in [1.807, 2.05) is 6.07 Å². The van der Waals surface area contributed by atoms with Crippen LogP contribution in [-0.4, -0.2) is 11.5 Å². The summed E-state index contributed by atoms with van der Waals surface area (Å²) in [6.45, 7) is 0. The third-order valence-corrected chi connectivity index (χ3v) is 3.07. The summed E-state index contributed by atoms with van der Waals surface area (Å²) < 4.78 is 18.6. The largest absolute Gasteiger partial charge is 0.424 e. The minimum Gasteiger partial charge on any atom is -0.424 e. The smallest absolute Gasteiger partial charge is 0.357 e. The second kappa shape index (κ2) is 6.21. The highest BCUT2D eigenvalue weighted by Gasteiger charge is 2.20. The molecule has 0 N–H and O–H groups in total. The van der Waals surface area contributed by atoms with E-state index in [-0.39, 0.29) is 0 Å². The highest BCUT2D eigenvalue weighted by molar-refractivity contribution is 8.00. The predicted octanol–water partition coefficient (Wildman–Crippen LogP) is 3.68. The molecule has 0 bridgehead atoms. The van der Waals surface area contributed by atoms with Crippen molar-refractivity contribution in [2.75, 3.05) is 0 Å². The van der Waals surface area contributed by atoms with E-state index in [2.05, 4.69) is 0 Å². The molecule has 2 aromatic rings. The van der Waals surface area contributed by atoms with Crippen molar-refractivity contribution >= 4 is 17.7 Å². The summed E-state index contributed by atoms with van der Waals surface area (Å²) >= 11 is 0.830. The molecule has 0 amide bonds. The molecule has 1 atom stereocenters. The van der Waals surface area contributed by atoms with Crippen molar-refractivity contribution < 1.29 is 13.9 Å². The fourth-order valence-electron chi connectivity index (χ4n) is 1.32. The van der Waals surface area contributed by atoms with Gasteiger partial charge in [0, 0.05) is 4.90 Å². The topological polar surface area (TPSA) is 26.3 Å². The molecule has 0 aromatic heterocycles. The number of thioether (sulfide) groups is 1.